The maximum atomic E-state index is 11.8. The first-order chi connectivity index (χ1) is 12.3. The van der Waals surface area contributed by atoms with E-state index in [0.717, 1.165) is 38.5 Å². The smallest absolute Gasteiger partial charge is 0.178 e. The van der Waals surface area contributed by atoms with Crippen molar-refractivity contribution in [1.29, 1.82) is 0 Å². The van der Waals surface area contributed by atoms with Crippen LogP contribution < -0.4 is 0 Å². The van der Waals surface area contributed by atoms with E-state index in [2.05, 4.69) is 25.8 Å². The van der Waals surface area contributed by atoms with Crippen molar-refractivity contribution in [2.24, 2.45) is 33.9 Å². The number of nitrogens with zero attached hydrogens (tertiary/aromatic N) is 1. The summed E-state index contributed by atoms with van der Waals surface area (Å²) in [7, 11) is 0. The average Bonchev–Trinajstić information content (AvgIpc) is 2.88. The van der Waals surface area contributed by atoms with E-state index in [-0.39, 0.29) is 16.6 Å². The number of ketones is 1. The van der Waals surface area contributed by atoms with Gasteiger partial charge in [-0.25, -0.2) is 0 Å². The van der Waals surface area contributed by atoms with Gasteiger partial charge in [0, 0.05) is 10.8 Å². The summed E-state index contributed by atoms with van der Waals surface area (Å²) in [6.45, 7) is 4.53. The number of carbonyl (C=O) groups is 1. The van der Waals surface area contributed by atoms with Crippen molar-refractivity contribution < 1.29 is 15.1 Å². The lowest BCUT2D eigenvalue weighted by molar-refractivity contribution is -0.111. The minimum absolute atomic E-state index is 0.0228. The Morgan fingerprint density at radius 2 is 1.88 bits per heavy atom. The van der Waals surface area contributed by atoms with Crippen molar-refractivity contribution in [1.82, 2.24) is 0 Å². The summed E-state index contributed by atoms with van der Waals surface area (Å²) in [5.41, 5.74) is 0.266. The summed E-state index contributed by atoms with van der Waals surface area (Å²) < 4.78 is 0. The lowest BCUT2D eigenvalue weighted by atomic mass is 9.47. The molecule has 26 heavy (non-hydrogen) atoms. The lowest BCUT2D eigenvalue weighted by Gasteiger charge is -2.57. The molecule has 0 amide bonds. The van der Waals surface area contributed by atoms with Gasteiger partial charge in [0.25, 0.3) is 0 Å². The predicted molar refractivity (Wildman–Crippen MR) is 98.0 cm³/mol. The minimum atomic E-state index is -0.933. The number of terminal acetylenes is 1. The second kappa shape index (κ2) is 6.35. The number of fused-ring (bicyclic) bond motifs is 5. The molecular weight excluding hydrogens is 330 g/mol. The average molecular weight is 357 g/mol. The fourth-order valence-electron chi connectivity index (χ4n) is 6.45. The molecule has 4 aliphatic rings. The van der Waals surface area contributed by atoms with Crippen LogP contribution in [0.4, 0.5) is 0 Å². The Morgan fingerprint density at radius 1 is 1.23 bits per heavy atom. The largest absolute Gasteiger partial charge is 0.379 e. The van der Waals surface area contributed by atoms with E-state index in [1.54, 1.807) is 6.08 Å². The third kappa shape index (κ3) is 2.46. The molecule has 0 saturated heterocycles. The van der Waals surface area contributed by atoms with Gasteiger partial charge < -0.3 is 10.3 Å². The van der Waals surface area contributed by atoms with Gasteiger partial charge in [0.15, 0.2) is 11.1 Å². The summed E-state index contributed by atoms with van der Waals surface area (Å²) in [6, 6.07) is 0. The van der Waals surface area contributed by atoms with Gasteiger partial charge in [-0.3, -0.25) is 4.79 Å². The molecule has 0 aromatic carbocycles. The number of hydrogen-bond acceptors (Lipinski definition) is 4. The van der Waals surface area contributed by atoms with E-state index in [4.69, 9.17) is 16.5 Å². The van der Waals surface area contributed by atoms with Gasteiger partial charge in [-0.05, 0) is 68.4 Å². The monoisotopic (exact) mass is 357 g/mol. The van der Waals surface area contributed by atoms with Gasteiger partial charge >= 0.3 is 0 Å². The van der Waals surface area contributed by atoms with Gasteiger partial charge in [0.05, 0.1) is 0 Å². The van der Waals surface area contributed by atoms with E-state index in [0.29, 0.717) is 17.8 Å². The second-order valence-electron chi connectivity index (χ2n) is 8.68. The quantitative estimate of drug-likeness (QED) is 0.392. The van der Waals surface area contributed by atoms with Gasteiger partial charge in [-0.1, -0.05) is 31.4 Å². The molecule has 0 aliphatic heterocycles. The molecule has 0 radical (unpaired) electrons. The van der Waals surface area contributed by atoms with Gasteiger partial charge in [0.2, 0.25) is 0 Å². The number of carbonyl (C=O) groups excluding carboxylic acids is 1. The van der Waals surface area contributed by atoms with Crippen LogP contribution in [0.5, 0.6) is 0 Å². The molecule has 0 unspecified atom stereocenters. The van der Waals surface area contributed by atoms with E-state index in [9.17, 15) is 9.90 Å². The Morgan fingerprint density at radius 3 is 2.54 bits per heavy atom. The highest BCUT2D eigenvalue weighted by atomic mass is 16.6. The Hall–Kier alpha value is -1.93. The van der Waals surface area contributed by atoms with Crippen molar-refractivity contribution in [3.63, 3.8) is 0 Å². The Kier molecular flexibility index (Phi) is 4.60. The second-order valence-corrected chi connectivity index (χ2v) is 8.68. The molecule has 2 N–H and O–H groups in total. The topological polar surface area (TPSA) is 87.0 Å². The lowest BCUT2D eigenvalue weighted by Crippen LogP contribution is -2.53. The van der Waals surface area contributed by atoms with Crippen LogP contribution in [0.15, 0.2) is 29.1 Å². The maximum Gasteiger partial charge on any atom is 0.178 e. The van der Waals surface area contributed by atoms with E-state index in [1.165, 1.54) is 10.9 Å². The highest BCUT2D eigenvalue weighted by Gasteiger charge is 2.63. The van der Waals surface area contributed by atoms with E-state index < -0.39 is 5.60 Å². The molecule has 0 aromatic heterocycles. The van der Waals surface area contributed by atoms with Crippen molar-refractivity contribution in [3.8, 4) is 12.3 Å². The zero-order chi connectivity index (χ0) is 19.2. The van der Waals surface area contributed by atoms with Crippen molar-refractivity contribution in [3.05, 3.63) is 28.7 Å². The Labute approximate surface area is 154 Å². The minimum Gasteiger partial charge on any atom is -0.379 e. The molecule has 6 atom stereocenters. The molecule has 5 nitrogen and oxygen atoms in total. The third-order valence-corrected chi connectivity index (χ3v) is 7.95. The van der Waals surface area contributed by atoms with Crippen LogP contribution in [0, 0.1) is 45.8 Å². The molecule has 4 aliphatic carbocycles. The molecule has 4 rings (SSSR count). The van der Waals surface area contributed by atoms with Gasteiger partial charge in [0.1, 0.15) is 5.60 Å². The van der Waals surface area contributed by atoms with Gasteiger partial charge in [-0.2, -0.15) is 0 Å². The standard InChI is InChI=1S/C21H26O2.HNO2/c1-4-21(23)12-9-18-16-6-5-14-13-15(22)7-10-19(14,2)17(16)8-11-20(18,21)3;2-1-3/h1,7,10,13,16-18,23H,5-6,8-9,11-12H2,2-3H3;(H,2,3)/t16-,17+,18+,19+,20+,21+;/m1./s1. The zero-order valence-corrected chi connectivity index (χ0v) is 15.4. The fourth-order valence-corrected chi connectivity index (χ4v) is 6.45. The van der Waals surface area contributed by atoms with Crippen molar-refractivity contribution >= 4 is 5.78 Å². The molecule has 0 bridgehead atoms. The van der Waals surface area contributed by atoms with Crippen LogP contribution in [0.2, 0.25) is 0 Å². The summed E-state index contributed by atoms with van der Waals surface area (Å²) >= 11 is 0. The summed E-state index contributed by atoms with van der Waals surface area (Å²) in [4.78, 5) is 19.9. The number of aliphatic hydroxyl groups is 1. The van der Waals surface area contributed by atoms with Crippen molar-refractivity contribution in [2.45, 2.75) is 58.0 Å². The molecule has 0 heterocycles. The molecule has 140 valence electrons. The highest BCUT2D eigenvalue weighted by molar-refractivity contribution is 6.01. The molecule has 0 aromatic rings. The third-order valence-electron chi connectivity index (χ3n) is 7.95. The first-order valence-electron chi connectivity index (χ1n) is 9.37. The molecule has 3 fully saturated rings. The van der Waals surface area contributed by atoms with Crippen LogP contribution in [-0.2, 0) is 4.79 Å². The maximum absolute atomic E-state index is 11.8. The molecule has 0 spiro atoms. The first-order valence-corrected chi connectivity index (χ1v) is 9.37. The Bertz CT molecular complexity index is 720. The van der Waals surface area contributed by atoms with E-state index in [1.807, 2.05) is 6.08 Å². The molecular formula is C21H27NO4. The normalized spacial score (nSPS) is 45.8. The van der Waals surface area contributed by atoms with Crippen molar-refractivity contribution in [2.75, 3.05) is 0 Å². The summed E-state index contributed by atoms with van der Waals surface area (Å²) in [5.74, 6) is 4.56. The van der Waals surface area contributed by atoms with Crippen LogP contribution in [-0.4, -0.2) is 21.7 Å². The van der Waals surface area contributed by atoms with Crippen LogP contribution >= 0.6 is 0 Å². The fraction of sp³-hybridized carbons (Fsp3) is 0.667. The highest BCUT2D eigenvalue weighted by Crippen LogP contribution is 2.66. The zero-order valence-electron chi connectivity index (χ0n) is 15.4. The first kappa shape index (κ1) is 18.8. The van der Waals surface area contributed by atoms with Gasteiger partial charge in [-0.15, -0.1) is 11.3 Å². The number of allylic oxidation sites excluding steroid dienone is 4. The molecule has 3 saturated carbocycles. The number of rotatable bonds is 0. The van der Waals surface area contributed by atoms with Crippen LogP contribution in [0.25, 0.3) is 0 Å². The number of hydrogen-bond donors (Lipinski definition) is 2. The summed E-state index contributed by atoms with van der Waals surface area (Å²) in [5, 5.41) is 18.9. The predicted octanol–water partition coefficient (Wildman–Crippen LogP) is 3.80. The SMILES string of the molecule is C#C[C@]1(O)CC[C@H]2[C@@H]3CCC4=CC(=O)C=C[C@]4(C)[C@H]3CC[C@@]21C.O=NO. The molecule has 5 heteroatoms. The summed E-state index contributed by atoms with van der Waals surface area (Å²) in [6.07, 6.45) is 17.5. The van der Waals surface area contributed by atoms with E-state index >= 15 is 0 Å². The van der Waals surface area contributed by atoms with Crippen LogP contribution in [0.3, 0.4) is 0 Å². The Balaban J connectivity index is 0.000000613. The van der Waals surface area contributed by atoms with Crippen LogP contribution in [0.1, 0.15) is 52.4 Å².